The van der Waals surface area contributed by atoms with Crippen molar-refractivity contribution in [3.05, 3.63) is 18.1 Å². The average molecular weight is 241 g/mol. The van der Waals surface area contributed by atoms with E-state index in [4.69, 9.17) is 9.84 Å². The number of esters is 1. The Morgan fingerprint density at radius 3 is 2.71 bits per heavy atom. The molecule has 0 aliphatic heterocycles. The summed E-state index contributed by atoms with van der Waals surface area (Å²) in [6.07, 6.45) is 2.69. The quantitative estimate of drug-likeness (QED) is 0.659. The predicted octanol–water partition coefficient (Wildman–Crippen LogP) is -0.318. The fourth-order valence-electron chi connectivity index (χ4n) is 1.16. The second-order valence-electron chi connectivity index (χ2n) is 3.26. The van der Waals surface area contributed by atoms with E-state index in [9.17, 15) is 4.79 Å². The molecule has 0 amide bonds. The summed E-state index contributed by atoms with van der Waals surface area (Å²) in [5.41, 5.74) is 0.130. The second-order valence-corrected chi connectivity index (χ2v) is 3.26. The molecule has 7 heteroatoms. The largest absolute Gasteiger partial charge is 0.464 e. The average Bonchev–Trinajstić information content (AvgIpc) is 2.38. The Morgan fingerprint density at radius 1 is 1.47 bits per heavy atom. The van der Waals surface area contributed by atoms with Crippen LogP contribution in [0.2, 0.25) is 0 Å². The highest BCUT2D eigenvalue weighted by Gasteiger charge is 2.10. The molecule has 0 saturated heterocycles. The van der Waals surface area contributed by atoms with Gasteiger partial charge in [0.05, 0.1) is 38.8 Å². The van der Waals surface area contributed by atoms with Crippen LogP contribution in [0.15, 0.2) is 12.4 Å². The summed E-state index contributed by atoms with van der Waals surface area (Å²) in [4.78, 5) is 19.0. The molecular weight excluding hydrogens is 226 g/mol. The lowest BCUT2D eigenvalue weighted by Crippen LogP contribution is -2.29. The third-order valence-electron chi connectivity index (χ3n) is 1.99. The lowest BCUT2D eigenvalue weighted by Gasteiger charge is -2.15. The van der Waals surface area contributed by atoms with Crippen LogP contribution in [0.1, 0.15) is 10.5 Å². The number of hydrogen-bond donors (Lipinski definition) is 2. The maximum absolute atomic E-state index is 11.1. The van der Waals surface area contributed by atoms with Crippen LogP contribution in [0.3, 0.4) is 0 Å². The van der Waals surface area contributed by atoms with Crippen LogP contribution in [0, 0.1) is 0 Å². The Labute approximate surface area is 98.8 Å². The minimum absolute atomic E-state index is 0.0890. The topological polar surface area (TPSA) is 93.6 Å². The smallest absolute Gasteiger partial charge is 0.358 e. The first-order valence-corrected chi connectivity index (χ1v) is 4.98. The van der Waals surface area contributed by atoms with Gasteiger partial charge in [0.2, 0.25) is 0 Å². The van der Waals surface area contributed by atoms with Crippen molar-refractivity contribution in [1.29, 1.82) is 0 Å². The van der Waals surface area contributed by atoms with Gasteiger partial charge in [-0.1, -0.05) is 0 Å². The summed E-state index contributed by atoms with van der Waals surface area (Å²) in [7, 11) is 2.81. The molecule has 94 valence electrons. The Balaban J connectivity index is 2.64. The van der Waals surface area contributed by atoms with Crippen molar-refractivity contribution < 1.29 is 19.4 Å². The number of anilines is 1. The minimum Gasteiger partial charge on any atom is -0.464 e. The van der Waals surface area contributed by atoms with E-state index in [-0.39, 0.29) is 18.3 Å². The van der Waals surface area contributed by atoms with Crippen LogP contribution >= 0.6 is 0 Å². The zero-order valence-electron chi connectivity index (χ0n) is 9.71. The van der Waals surface area contributed by atoms with E-state index in [0.717, 1.165) is 0 Å². The van der Waals surface area contributed by atoms with E-state index in [0.29, 0.717) is 12.4 Å². The summed E-state index contributed by atoms with van der Waals surface area (Å²) < 4.78 is 9.40. The normalized spacial score (nSPS) is 11.9. The molecule has 1 unspecified atom stereocenters. The molecule has 17 heavy (non-hydrogen) atoms. The second kappa shape index (κ2) is 6.77. The Morgan fingerprint density at radius 2 is 2.24 bits per heavy atom. The van der Waals surface area contributed by atoms with Crippen molar-refractivity contribution in [3.8, 4) is 0 Å². The van der Waals surface area contributed by atoms with Crippen molar-refractivity contribution >= 4 is 11.8 Å². The number of nitrogens with one attached hydrogen (secondary N) is 1. The number of methoxy groups -OCH3 is 2. The number of rotatable bonds is 6. The molecule has 7 nitrogen and oxygen atoms in total. The Bertz CT molecular complexity index is 355. The number of aliphatic hydroxyl groups excluding tert-OH is 1. The van der Waals surface area contributed by atoms with Gasteiger partial charge < -0.3 is 19.9 Å². The van der Waals surface area contributed by atoms with Gasteiger partial charge in [-0.25, -0.2) is 14.8 Å². The molecule has 0 fully saturated rings. The molecule has 1 heterocycles. The van der Waals surface area contributed by atoms with Gasteiger partial charge in [-0.15, -0.1) is 0 Å². The highest BCUT2D eigenvalue weighted by atomic mass is 16.5. The third kappa shape index (κ3) is 3.97. The number of aliphatic hydroxyl groups is 1. The van der Waals surface area contributed by atoms with Crippen LogP contribution in [-0.2, 0) is 9.47 Å². The van der Waals surface area contributed by atoms with E-state index < -0.39 is 5.97 Å². The summed E-state index contributed by atoms with van der Waals surface area (Å²) in [6.45, 7) is 0.255. The first-order valence-electron chi connectivity index (χ1n) is 4.98. The van der Waals surface area contributed by atoms with Crippen LogP contribution in [0.25, 0.3) is 0 Å². The zero-order chi connectivity index (χ0) is 12.7. The number of hydrogen-bond acceptors (Lipinski definition) is 7. The number of aromatic nitrogens is 2. The van der Waals surface area contributed by atoms with E-state index in [1.807, 2.05) is 0 Å². The summed E-state index contributed by atoms with van der Waals surface area (Å²) in [5, 5.41) is 11.9. The molecular formula is C10H15N3O4. The van der Waals surface area contributed by atoms with Crippen molar-refractivity contribution in [1.82, 2.24) is 9.97 Å². The van der Waals surface area contributed by atoms with E-state index >= 15 is 0 Å². The van der Waals surface area contributed by atoms with Gasteiger partial charge in [-0.05, 0) is 0 Å². The van der Waals surface area contributed by atoms with Crippen LogP contribution < -0.4 is 5.32 Å². The minimum atomic E-state index is -0.542. The van der Waals surface area contributed by atoms with E-state index in [1.54, 1.807) is 0 Å². The predicted molar refractivity (Wildman–Crippen MR) is 59.7 cm³/mol. The van der Waals surface area contributed by atoms with E-state index in [1.165, 1.54) is 26.6 Å². The molecule has 1 atom stereocenters. The Hall–Kier alpha value is -1.73. The standard InChI is InChI=1S/C10H15N3O4/c1-16-6-7(5-14)13-9-4-11-8(3-12-9)10(15)17-2/h3-4,7,14H,5-6H2,1-2H3,(H,12,13). The van der Waals surface area contributed by atoms with E-state index in [2.05, 4.69) is 20.0 Å². The molecule has 0 bridgehead atoms. The van der Waals surface area contributed by atoms with Gasteiger partial charge >= 0.3 is 5.97 Å². The molecule has 1 rings (SSSR count). The van der Waals surface area contributed by atoms with Gasteiger partial charge in [-0.3, -0.25) is 0 Å². The monoisotopic (exact) mass is 241 g/mol. The summed E-state index contributed by atoms with van der Waals surface area (Å²) >= 11 is 0. The fourth-order valence-corrected chi connectivity index (χ4v) is 1.16. The Kier molecular flexibility index (Phi) is 5.31. The molecule has 2 N–H and O–H groups in total. The van der Waals surface area contributed by atoms with Crippen LogP contribution in [0.4, 0.5) is 5.82 Å². The van der Waals surface area contributed by atoms with Crippen molar-refractivity contribution in [2.45, 2.75) is 6.04 Å². The number of carbonyl (C=O) groups is 1. The van der Waals surface area contributed by atoms with Crippen molar-refractivity contribution in [2.24, 2.45) is 0 Å². The van der Waals surface area contributed by atoms with Crippen molar-refractivity contribution in [3.63, 3.8) is 0 Å². The highest BCUT2D eigenvalue weighted by Crippen LogP contribution is 2.04. The maximum Gasteiger partial charge on any atom is 0.358 e. The molecule has 0 aliphatic carbocycles. The molecule has 1 aromatic heterocycles. The van der Waals surface area contributed by atoms with Crippen LogP contribution in [0.5, 0.6) is 0 Å². The molecule has 1 aromatic rings. The highest BCUT2D eigenvalue weighted by molar-refractivity contribution is 5.86. The molecule has 0 aliphatic rings. The number of carbonyl (C=O) groups excluding carboxylic acids is 1. The zero-order valence-corrected chi connectivity index (χ0v) is 9.71. The van der Waals surface area contributed by atoms with Gasteiger partial charge in [0.1, 0.15) is 5.82 Å². The number of ether oxygens (including phenoxy) is 2. The summed E-state index contributed by atoms with van der Waals surface area (Å²) in [6, 6.07) is -0.265. The fraction of sp³-hybridized carbons (Fsp3) is 0.500. The van der Waals surface area contributed by atoms with Crippen LogP contribution in [-0.4, -0.2) is 54.5 Å². The first-order chi connectivity index (χ1) is 8.21. The van der Waals surface area contributed by atoms with Gasteiger partial charge in [0.25, 0.3) is 0 Å². The van der Waals surface area contributed by atoms with Gasteiger partial charge in [0, 0.05) is 7.11 Å². The number of nitrogens with zero attached hydrogens (tertiary/aromatic N) is 2. The first kappa shape index (κ1) is 13.3. The molecule has 0 radical (unpaired) electrons. The summed E-state index contributed by atoms with van der Waals surface area (Å²) in [5.74, 6) is -0.0894. The van der Waals surface area contributed by atoms with Gasteiger partial charge in [0.15, 0.2) is 5.69 Å². The molecule has 0 saturated carbocycles. The lowest BCUT2D eigenvalue weighted by atomic mass is 10.3. The van der Waals surface area contributed by atoms with Crippen molar-refractivity contribution in [2.75, 3.05) is 32.8 Å². The third-order valence-corrected chi connectivity index (χ3v) is 1.99. The molecule has 0 aromatic carbocycles. The lowest BCUT2D eigenvalue weighted by molar-refractivity contribution is 0.0593. The maximum atomic E-state index is 11.1. The SMILES string of the molecule is COCC(CO)Nc1cnc(C(=O)OC)cn1. The van der Waals surface area contributed by atoms with Gasteiger partial charge in [-0.2, -0.15) is 0 Å². The molecule has 0 spiro atoms.